The minimum absolute atomic E-state index is 0.0889. The van der Waals surface area contributed by atoms with Crippen LogP contribution in [0, 0.1) is 17.5 Å². The van der Waals surface area contributed by atoms with E-state index in [0.29, 0.717) is 10.0 Å². The smallest absolute Gasteiger partial charge is 0.195 e. The van der Waals surface area contributed by atoms with E-state index >= 15 is 0 Å². The van der Waals surface area contributed by atoms with Gasteiger partial charge in [-0.15, -0.1) is 0 Å². The molecule has 2 N–H and O–H groups in total. The molecule has 4 nitrogen and oxygen atoms in total. The highest BCUT2D eigenvalue weighted by atomic mass is 32.1. The van der Waals surface area contributed by atoms with E-state index in [4.69, 9.17) is 5.21 Å². The third kappa shape index (κ3) is 2.34. The SMILES string of the molecule is CNc1nc(-c2ccc(F)c(F)c2F)c(/C(C)=N/O)s1. The van der Waals surface area contributed by atoms with Gasteiger partial charge < -0.3 is 10.5 Å². The standard InChI is InChI=1S/C12H10F3N3OS/c1-5(18-19)11-10(17-12(16-2)20-11)6-3-4-7(13)9(15)8(6)14/h3-4,19H,1-2H3,(H,16,17)/b18-5+. The summed E-state index contributed by atoms with van der Waals surface area (Å²) in [6.45, 7) is 1.49. The van der Waals surface area contributed by atoms with Gasteiger partial charge in [0.1, 0.15) is 0 Å². The molecule has 20 heavy (non-hydrogen) atoms. The Kier molecular flexibility index (Phi) is 3.93. The molecule has 0 aliphatic rings. The van der Waals surface area contributed by atoms with E-state index in [1.54, 1.807) is 7.05 Å². The van der Waals surface area contributed by atoms with Gasteiger partial charge in [0.05, 0.1) is 16.3 Å². The molecular formula is C12H10F3N3OS. The van der Waals surface area contributed by atoms with Crippen molar-refractivity contribution in [3.05, 3.63) is 34.5 Å². The predicted octanol–water partition coefficient (Wildman–Crippen LogP) is 3.47. The van der Waals surface area contributed by atoms with Crippen molar-refractivity contribution >= 4 is 22.2 Å². The van der Waals surface area contributed by atoms with E-state index in [1.807, 2.05) is 0 Å². The number of hydrogen-bond acceptors (Lipinski definition) is 5. The molecule has 0 aliphatic heterocycles. The predicted molar refractivity (Wildman–Crippen MR) is 71.0 cm³/mol. The van der Waals surface area contributed by atoms with E-state index < -0.39 is 17.5 Å². The summed E-state index contributed by atoms with van der Waals surface area (Å²) in [6, 6.07) is 1.91. The van der Waals surface area contributed by atoms with Gasteiger partial charge in [-0.2, -0.15) is 0 Å². The van der Waals surface area contributed by atoms with E-state index in [1.165, 1.54) is 6.92 Å². The lowest BCUT2D eigenvalue weighted by Gasteiger charge is -2.04. The summed E-state index contributed by atoms with van der Waals surface area (Å²) in [5, 5.41) is 15.1. The van der Waals surface area contributed by atoms with Crippen LogP contribution >= 0.6 is 11.3 Å². The van der Waals surface area contributed by atoms with Crippen LogP contribution in [0.2, 0.25) is 0 Å². The van der Waals surface area contributed by atoms with Crippen molar-refractivity contribution in [3.8, 4) is 11.3 Å². The molecule has 0 unspecified atom stereocenters. The zero-order valence-corrected chi connectivity index (χ0v) is 11.4. The quantitative estimate of drug-likeness (QED) is 0.395. The second kappa shape index (κ2) is 5.49. The maximum Gasteiger partial charge on any atom is 0.195 e. The van der Waals surface area contributed by atoms with Crippen LogP contribution in [-0.2, 0) is 0 Å². The van der Waals surface area contributed by atoms with Gasteiger partial charge in [0.25, 0.3) is 0 Å². The molecule has 0 aliphatic carbocycles. The van der Waals surface area contributed by atoms with Crippen molar-refractivity contribution < 1.29 is 18.4 Å². The topological polar surface area (TPSA) is 57.5 Å². The molecule has 1 aromatic carbocycles. The Balaban J connectivity index is 2.69. The average molecular weight is 301 g/mol. The van der Waals surface area contributed by atoms with Gasteiger partial charge in [-0.25, -0.2) is 18.2 Å². The molecule has 0 atom stereocenters. The number of nitrogens with zero attached hydrogens (tertiary/aromatic N) is 2. The summed E-state index contributed by atoms with van der Waals surface area (Å²) in [5.41, 5.74) is 0.0915. The molecule has 2 aromatic rings. The fourth-order valence-corrected chi connectivity index (χ4v) is 2.48. The number of hydrogen-bond donors (Lipinski definition) is 2. The van der Waals surface area contributed by atoms with Crippen LogP contribution < -0.4 is 5.32 Å². The minimum atomic E-state index is -1.56. The van der Waals surface area contributed by atoms with Gasteiger partial charge in [0.15, 0.2) is 22.6 Å². The highest BCUT2D eigenvalue weighted by molar-refractivity contribution is 7.18. The molecule has 0 saturated carbocycles. The lowest BCUT2D eigenvalue weighted by atomic mass is 10.1. The first-order valence-electron chi connectivity index (χ1n) is 5.51. The minimum Gasteiger partial charge on any atom is -0.411 e. The highest BCUT2D eigenvalue weighted by Crippen LogP contribution is 2.34. The van der Waals surface area contributed by atoms with Crippen LogP contribution in [0.1, 0.15) is 11.8 Å². The van der Waals surface area contributed by atoms with Crippen LogP contribution in [0.25, 0.3) is 11.3 Å². The third-order valence-corrected chi connectivity index (χ3v) is 3.79. The number of anilines is 1. The summed E-state index contributed by atoms with van der Waals surface area (Å²) in [5.74, 6) is -4.17. The second-order valence-electron chi connectivity index (χ2n) is 3.86. The van der Waals surface area contributed by atoms with E-state index in [0.717, 1.165) is 23.5 Å². The fourth-order valence-electron chi connectivity index (χ4n) is 1.61. The van der Waals surface area contributed by atoms with Crippen LogP contribution in [0.15, 0.2) is 17.3 Å². The van der Waals surface area contributed by atoms with Crippen molar-refractivity contribution in [3.63, 3.8) is 0 Å². The number of nitrogens with one attached hydrogen (secondary N) is 1. The normalized spacial score (nSPS) is 11.8. The Labute approximate surface area is 116 Å². The number of rotatable bonds is 3. The Bertz CT molecular complexity index is 685. The number of aromatic nitrogens is 1. The van der Waals surface area contributed by atoms with Crippen molar-refractivity contribution in [2.45, 2.75) is 6.92 Å². The fraction of sp³-hybridized carbons (Fsp3) is 0.167. The largest absolute Gasteiger partial charge is 0.411 e. The first-order chi connectivity index (χ1) is 9.49. The lowest BCUT2D eigenvalue weighted by molar-refractivity contribution is 0.319. The molecule has 1 aromatic heterocycles. The molecular weight excluding hydrogens is 291 g/mol. The Hall–Kier alpha value is -2.09. The molecule has 1 heterocycles. The molecule has 0 bridgehead atoms. The van der Waals surface area contributed by atoms with Gasteiger partial charge in [0.2, 0.25) is 0 Å². The summed E-state index contributed by atoms with van der Waals surface area (Å²) in [4.78, 5) is 4.45. The second-order valence-corrected chi connectivity index (χ2v) is 4.85. The molecule has 0 spiro atoms. The lowest BCUT2D eigenvalue weighted by Crippen LogP contribution is -1.99. The van der Waals surface area contributed by atoms with Gasteiger partial charge >= 0.3 is 0 Å². The highest BCUT2D eigenvalue weighted by Gasteiger charge is 2.22. The maximum absolute atomic E-state index is 13.8. The molecule has 2 rings (SSSR count). The van der Waals surface area contributed by atoms with Gasteiger partial charge in [-0.1, -0.05) is 16.5 Å². The summed E-state index contributed by atoms with van der Waals surface area (Å²) in [7, 11) is 1.61. The first kappa shape index (κ1) is 14.3. The summed E-state index contributed by atoms with van der Waals surface area (Å²) < 4.78 is 40.1. The molecule has 0 saturated heterocycles. The summed E-state index contributed by atoms with van der Waals surface area (Å²) in [6.07, 6.45) is 0. The third-order valence-electron chi connectivity index (χ3n) is 2.61. The Morgan fingerprint density at radius 1 is 1.30 bits per heavy atom. The zero-order valence-electron chi connectivity index (χ0n) is 10.5. The van der Waals surface area contributed by atoms with Gasteiger partial charge in [-0.05, 0) is 19.1 Å². The average Bonchev–Trinajstić information content (AvgIpc) is 2.88. The van der Waals surface area contributed by atoms with Gasteiger partial charge in [0, 0.05) is 12.6 Å². The van der Waals surface area contributed by atoms with E-state index in [-0.39, 0.29) is 17.0 Å². The van der Waals surface area contributed by atoms with Crippen molar-refractivity contribution in [2.75, 3.05) is 12.4 Å². The van der Waals surface area contributed by atoms with Crippen molar-refractivity contribution in [2.24, 2.45) is 5.16 Å². The number of oxime groups is 1. The monoisotopic (exact) mass is 301 g/mol. The molecule has 0 radical (unpaired) electrons. The van der Waals surface area contributed by atoms with Crippen LogP contribution in [0.5, 0.6) is 0 Å². The number of thiazole rings is 1. The zero-order chi connectivity index (χ0) is 14.9. The van der Waals surface area contributed by atoms with E-state index in [9.17, 15) is 13.2 Å². The van der Waals surface area contributed by atoms with Crippen molar-refractivity contribution in [1.82, 2.24) is 4.98 Å². The Morgan fingerprint density at radius 2 is 2.00 bits per heavy atom. The van der Waals surface area contributed by atoms with Crippen LogP contribution in [0.3, 0.4) is 0 Å². The van der Waals surface area contributed by atoms with Crippen LogP contribution in [-0.4, -0.2) is 23.0 Å². The number of benzene rings is 1. The van der Waals surface area contributed by atoms with E-state index in [2.05, 4.69) is 15.5 Å². The van der Waals surface area contributed by atoms with Gasteiger partial charge in [-0.3, -0.25) is 0 Å². The maximum atomic E-state index is 13.8. The first-order valence-corrected chi connectivity index (χ1v) is 6.32. The molecule has 106 valence electrons. The Morgan fingerprint density at radius 3 is 2.60 bits per heavy atom. The van der Waals surface area contributed by atoms with Crippen molar-refractivity contribution in [1.29, 1.82) is 0 Å². The molecule has 0 amide bonds. The molecule has 0 fully saturated rings. The number of halogens is 3. The summed E-state index contributed by atoms with van der Waals surface area (Å²) >= 11 is 1.11. The van der Waals surface area contributed by atoms with Crippen LogP contribution in [0.4, 0.5) is 18.3 Å². The molecule has 8 heteroatoms.